The highest BCUT2D eigenvalue weighted by molar-refractivity contribution is 6.29. The van der Waals surface area contributed by atoms with Crippen LogP contribution in [0.15, 0.2) is 23.0 Å². The standard InChI is InChI=1S/C9H6ClN3O3/c1-16-9(15)5-4-8(14)13-7(11-5)3-2-6(10)12-13/h2-4H,1H3. The fraction of sp³-hybridized carbons (Fsp3) is 0.111. The lowest BCUT2D eigenvalue weighted by Crippen LogP contribution is -2.20. The molecule has 0 N–H and O–H groups in total. The number of nitrogens with zero attached hydrogens (tertiary/aromatic N) is 3. The topological polar surface area (TPSA) is 73.6 Å². The Balaban J connectivity index is 2.73. The van der Waals surface area contributed by atoms with Gasteiger partial charge in [0, 0.05) is 6.07 Å². The molecule has 6 nitrogen and oxygen atoms in total. The third kappa shape index (κ3) is 1.74. The van der Waals surface area contributed by atoms with E-state index < -0.39 is 11.5 Å². The molecule has 2 aromatic heterocycles. The summed E-state index contributed by atoms with van der Waals surface area (Å²) in [5.41, 5.74) is -0.318. The van der Waals surface area contributed by atoms with Crippen LogP contribution in [-0.4, -0.2) is 27.7 Å². The van der Waals surface area contributed by atoms with E-state index >= 15 is 0 Å². The predicted molar refractivity (Wildman–Crippen MR) is 55.6 cm³/mol. The summed E-state index contributed by atoms with van der Waals surface area (Å²) in [6.07, 6.45) is 0. The minimum absolute atomic E-state index is 0.0587. The summed E-state index contributed by atoms with van der Waals surface area (Å²) in [7, 11) is 1.21. The Morgan fingerprint density at radius 3 is 2.94 bits per heavy atom. The lowest BCUT2D eigenvalue weighted by atomic mass is 10.4. The second-order valence-electron chi connectivity index (χ2n) is 2.90. The second-order valence-corrected chi connectivity index (χ2v) is 3.28. The Morgan fingerprint density at radius 2 is 2.25 bits per heavy atom. The van der Waals surface area contributed by atoms with Gasteiger partial charge in [-0.1, -0.05) is 11.6 Å². The van der Waals surface area contributed by atoms with E-state index in [9.17, 15) is 9.59 Å². The predicted octanol–water partition coefficient (Wildman–Crippen LogP) is 0.529. The van der Waals surface area contributed by atoms with Crippen molar-refractivity contribution in [2.24, 2.45) is 0 Å². The molecule has 2 rings (SSSR count). The number of aromatic nitrogens is 3. The SMILES string of the molecule is COC(=O)c1cc(=O)n2nc(Cl)ccc2n1. The maximum absolute atomic E-state index is 11.6. The first kappa shape index (κ1) is 10.6. The first-order valence-corrected chi connectivity index (χ1v) is 4.64. The Kier molecular flexibility index (Phi) is 2.57. The van der Waals surface area contributed by atoms with Crippen molar-refractivity contribution in [2.75, 3.05) is 7.11 Å². The van der Waals surface area contributed by atoms with E-state index in [-0.39, 0.29) is 16.5 Å². The highest BCUT2D eigenvalue weighted by Gasteiger charge is 2.10. The Morgan fingerprint density at radius 1 is 1.50 bits per heavy atom. The third-order valence-corrected chi connectivity index (χ3v) is 2.08. The molecule has 0 atom stereocenters. The van der Waals surface area contributed by atoms with Crippen LogP contribution in [-0.2, 0) is 4.74 Å². The van der Waals surface area contributed by atoms with Gasteiger partial charge in [-0.15, -0.1) is 0 Å². The number of halogens is 1. The molecule has 0 aliphatic heterocycles. The maximum atomic E-state index is 11.6. The molecule has 2 aromatic rings. The van der Waals surface area contributed by atoms with Gasteiger partial charge in [0.2, 0.25) is 0 Å². The molecule has 16 heavy (non-hydrogen) atoms. The summed E-state index contributed by atoms with van der Waals surface area (Å²) < 4.78 is 5.48. The van der Waals surface area contributed by atoms with Crippen molar-refractivity contribution in [3.63, 3.8) is 0 Å². The molecule has 0 fully saturated rings. The number of methoxy groups -OCH3 is 1. The monoisotopic (exact) mass is 239 g/mol. The lowest BCUT2D eigenvalue weighted by molar-refractivity contribution is 0.0594. The van der Waals surface area contributed by atoms with Gasteiger partial charge in [0.25, 0.3) is 5.56 Å². The average Bonchev–Trinajstić information content (AvgIpc) is 2.28. The van der Waals surface area contributed by atoms with Crippen molar-refractivity contribution in [1.29, 1.82) is 0 Å². The summed E-state index contributed by atoms with van der Waals surface area (Å²) in [5, 5.41) is 3.93. The van der Waals surface area contributed by atoms with Crippen LogP contribution in [0, 0.1) is 0 Å². The molecule has 2 heterocycles. The van der Waals surface area contributed by atoms with Gasteiger partial charge in [-0.25, -0.2) is 9.78 Å². The van der Waals surface area contributed by atoms with Gasteiger partial charge in [0.15, 0.2) is 11.3 Å². The summed E-state index contributed by atoms with van der Waals surface area (Å²) in [6, 6.07) is 4.01. The number of carbonyl (C=O) groups excluding carboxylic acids is 1. The molecule has 0 amide bonds. The fourth-order valence-corrected chi connectivity index (χ4v) is 1.32. The van der Waals surface area contributed by atoms with Crippen molar-refractivity contribution in [2.45, 2.75) is 0 Å². The van der Waals surface area contributed by atoms with Crippen molar-refractivity contribution in [3.05, 3.63) is 39.4 Å². The van der Waals surface area contributed by atoms with E-state index in [2.05, 4.69) is 14.8 Å². The van der Waals surface area contributed by atoms with Gasteiger partial charge < -0.3 is 4.74 Å². The fourth-order valence-electron chi connectivity index (χ4n) is 1.18. The zero-order valence-electron chi connectivity index (χ0n) is 8.18. The van der Waals surface area contributed by atoms with Crippen molar-refractivity contribution in [3.8, 4) is 0 Å². The van der Waals surface area contributed by atoms with Crippen LogP contribution in [0.5, 0.6) is 0 Å². The number of rotatable bonds is 1. The molecular weight excluding hydrogens is 234 g/mol. The number of esters is 1. The van der Waals surface area contributed by atoms with E-state index in [0.29, 0.717) is 0 Å². The molecule has 0 radical (unpaired) electrons. The Hall–Kier alpha value is -1.95. The van der Waals surface area contributed by atoms with Crippen LogP contribution in [0.3, 0.4) is 0 Å². The van der Waals surface area contributed by atoms with Gasteiger partial charge in [-0.2, -0.15) is 9.61 Å². The summed E-state index contributed by atoms with van der Waals surface area (Å²) in [4.78, 5) is 26.7. The van der Waals surface area contributed by atoms with Crippen molar-refractivity contribution < 1.29 is 9.53 Å². The third-order valence-electron chi connectivity index (χ3n) is 1.88. The molecular formula is C9H6ClN3O3. The maximum Gasteiger partial charge on any atom is 0.356 e. The Labute approximate surface area is 94.4 Å². The van der Waals surface area contributed by atoms with Crippen LogP contribution in [0.2, 0.25) is 5.15 Å². The molecule has 0 saturated carbocycles. The summed E-state index contributed by atoms with van der Waals surface area (Å²) in [6.45, 7) is 0. The van der Waals surface area contributed by atoms with Gasteiger partial charge in [-0.05, 0) is 12.1 Å². The van der Waals surface area contributed by atoms with Gasteiger partial charge in [0.1, 0.15) is 5.15 Å². The molecule has 0 saturated heterocycles. The van der Waals surface area contributed by atoms with E-state index in [4.69, 9.17) is 11.6 Å². The van der Waals surface area contributed by atoms with Gasteiger partial charge in [0.05, 0.1) is 7.11 Å². The molecule has 0 bridgehead atoms. The summed E-state index contributed by atoms with van der Waals surface area (Å²) >= 11 is 5.63. The van der Waals surface area contributed by atoms with Crippen LogP contribution in [0.1, 0.15) is 10.5 Å². The van der Waals surface area contributed by atoms with Gasteiger partial charge >= 0.3 is 5.97 Å². The van der Waals surface area contributed by atoms with Crippen LogP contribution < -0.4 is 5.56 Å². The molecule has 0 spiro atoms. The van der Waals surface area contributed by atoms with Crippen LogP contribution >= 0.6 is 11.6 Å². The molecule has 7 heteroatoms. The van der Waals surface area contributed by atoms with Crippen LogP contribution in [0.25, 0.3) is 5.65 Å². The van der Waals surface area contributed by atoms with Gasteiger partial charge in [-0.3, -0.25) is 4.79 Å². The number of hydrogen-bond acceptors (Lipinski definition) is 5. The molecule has 0 unspecified atom stereocenters. The highest BCUT2D eigenvalue weighted by Crippen LogP contribution is 2.04. The van der Waals surface area contributed by atoms with E-state index in [1.165, 1.54) is 19.2 Å². The number of ether oxygens (including phenoxy) is 1. The number of carbonyl (C=O) groups is 1. The number of hydrogen-bond donors (Lipinski definition) is 0. The van der Waals surface area contributed by atoms with Crippen LogP contribution in [0.4, 0.5) is 0 Å². The first-order valence-electron chi connectivity index (χ1n) is 4.27. The van der Waals surface area contributed by atoms with E-state index in [0.717, 1.165) is 10.6 Å². The van der Waals surface area contributed by atoms with Crippen molar-refractivity contribution in [1.82, 2.24) is 14.6 Å². The molecule has 0 aliphatic carbocycles. The quantitative estimate of drug-likeness (QED) is 0.679. The first-order chi connectivity index (χ1) is 7.61. The summed E-state index contributed by atoms with van der Waals surface area (Å²) in [5.74, 6) is -0.672. The molecule has 0 aromatic carbocycles. The minimum Gasteiger partial charge on any atom is -0.464 e. The molecule has 82 valence electrons. The Bertz CT molecular complexity index is 623. The number of fused-ring (bicyclic) bond motifs is 1. The van der Waals surface area contributed by atoms with E-state index in [1.807, 2.05) is 0 Å². The molecule has 0 aliphatic rings. The zero-order valence-corrected chi connectivity index (χ0v) is 8.93. The average molecular weight is 240 g/mol. The zero-order chi connectivity index (χ0) is 11.7. The second kappa shape index (κ2) is 3.90. The highest BCUT2D eigenvalue weighted by atomic mass is 35.5. The van der Waals surface area contributed by atoms with E-state index in [1.54, 1.807) is 0 Å². The largest absolute Gasteiger partial charge is 0.464 e. The minimum atomic E-state index is -0.672. The van der Waals surface area contributed by atoms with Crippen molar-refractivity contribution >= 4 is 23.2 Å². The smallest absolute Gasteiger partial charge is 0.356 e. The lowest BCUT2D eigenvalue weighted by Gasteiger charge is -2.01. The normalized spacial score (nSPS) is 10.4.